The molecule has 0 saturated carbocycles. The molecular weight excluding hydrogens is 1670 g/mol. The van der Waals surface area contributed by atoms with Gasteiger partial charge in [-0.3, -0.25) is 78.4 Å². The van der Waals surface area contributed by atoms with Gasteiger partial charge in [0, 0.05) is 98.7 Å². The van der Waals surface area contributed by atoms with Crippen molar-refractivity contribution in [3.63, 3.8) is 0 Å². The highest BCUT2D eigenvalue weighted by molar-refractivity contribution is 6.74. The van der Waals surface area contributed by atoms with E-state index in [0.717, 1.165) is 0 Å². The molecule has 0 aliphatic carbocycles. The Morgan fingerprint density at radius 1 is 0.367 bits per heavy atom. The smallest absolute Gasteiger partial charge is 0.276 e. The average Bonchev–Trinajstić information content (AvgIpc) is 1.55. The summed E-state index contributed by atoms with van der Waals surface area (Å²) in [7, 11) is -3.98. The second-order valence-corrected chi connectivity index (χ2v) is 45.3. The summed E-state index contributed by atoms with van der Waals surface area (Å²) in [6.45, 7) is 48.6. The SMILES string of the molecule is CCn1nc(C)cc1C(=O)Nc1nc2cc(C(N)=O)ccc2n1C(C)CCC(C)n1c(NC(=O)c2cc(C)nn2CC)nc2cc(C(N)=O)cc(OCCCO[Si](C)(C)C(C)(C)C)c21.CCn1nc(C)cc1C(=O)Nc1nc2cc(C(N)=O)ccc2n1C(C)CCC(C)n1c(NC(=O)c2cc(C)nn2CC)nc2cc(C(N)=O)cc(OCCCO[Si](C)(C)C(C)(C)C)c21. The van der Waals surface area contributed by atoms with Crippen molar-refractivity contribution >= 4 is 132 Å². The van der Waals surface area contributed by atoms with E-state index < -0.39 is 52.1 Å². The van der Waals surface area contributed by atoms with E-state index in [1.807, 2.05) is 101 Å². The van der Waals surface area contributed by atoms with Crippen molar-refractivity contribution in [3.05, 3.63) is 153 Å². The minimum atomic E-state index is -1.99. The zero-order valence-corrected chi connectivity index (χ0v) is 79.7. The largest absolute Gasteiger partial charge is 0.491 e. The van der Waals surface area contributed by atoms with Crippen LogP contribution >= 0.6 is 0 Å². The van der Waals surface area contributed by atoms with E-state index >= 15 is 0 Å². The number of benzene rings is 4. The van der Waals surface area contributed by atoms with Gasteiger partial charge in [0.25, 0.3) is 23.6 Å². The van der Waals surface area contributed by atoms with Gasteiger partial charge in [0.1, 0.15) is 45.3 Å². The van der Waals surface area contributed by atoms with Gasteiger partial charge in [-0.25, -0.2) is 19.9 Å². The molecule has 0 saturated heterocycles. The van der Waals surface area contributed by atoms with Gasteiger partial charge in [-0.2, -0.15) is 20.4 Å². The fraction of sp³-hybridized carbons (Fsp3) is 0.467. The molecule has 8 amide bonds. The number of aromatic nitrogens is 16. The number of ether oxygens (including phenoxy) is 2. The molecule has 0 radical (unpaired) electrons. The Morgan fingerprint density at radius 2 is 0.625 bits per heavy atom. The summed E-state index contributed by atoms with van der Waals surface area (Å²) in [5.41, 5.74) is 32.6. The molecule has 36 nitrogen and oxygen atoms in total. The van der Waals surface area contributed by atoms with Crippen LogP contribution in [0.5, 0.6) is 11.5 Å². The number of primary amides is 4. The van der Waals surface area contributed by atoms with Crippen LogP contribution in [-0.4, -0.2) is 168 Å². The van der Waals surface area contributed by atoms with Gasteiger partial charge in [0.2, 0.25) is 47.4 Å². The monoisotopic (exact) mass is 1790 g/mol. The number of nitrogens with one attached hydrogen (secondary N) is 4. The summed E-state index contributed by atoms with van der Waals surface area (Å²) in [5.74, 6) is -2.20. The molecule has 8 aromatic heterocycles. The van der Waals surface area contributed by atoms with E-state index in [4.69, 9.17) is 61.2 Å². The highest BCUT2D eigenvalue weighted by atomic mass is 28.4. The van der Waals surface area contributed by atoms with Gasteiger partial charge >= 0.3 is 0 Å². The molecule has 4 unspecified atom stereocenters. The fourth-order valence-electron chi connectivity index (χ4n) is 15.1. The predicted molar refractivity (Wildman–Crippen MR) is 499 cm³/mol. The second-order valence-electron chi connectivity index (χ2n) is 35.7. The Balaban J connectivity index is 0.000000248. The highest BCUT2D eigenvalue weighted by Crippen LogP contribution is 2.42. The lowest BCUT2D eigenvalue weighted by Gasteiger charge is -2.36. The number of anilines is 4. The number of aryl methyl sites for hydroxylation is 8. The summed E-state index contributed by atoms with van der Waals surface area (Å²) in [4.78, 5) is 124. The molecule has 0 bridgehead atoms. The number of imidazole rings is 4. The minimum Gasteiger partial charge on any atom is -0.491 e. The second kappa shape index (κ2) is 39.3. The lowest BCUT2D eigenvalue weighted by Crippen LogP contribution is -2.41. The summed E-state index contributed by atoms with van der Waals surface area (Å²) < 4.78 is 40.0. The Labute approximate surface area is 746 Å². The number of carbonyl (C=O) groups excluding carboxylic acids is 8. The Hall–Kier alpha value is -12.7. The van der Waals surface area contributed by atoms with Crippen LogP contribution in [0.4, 0.5) is 23.8 Å². The lowest BCUT2D eigenvalue weighted by molar-refractivity contribution is 0.0991. The number of amides is 8. The zero-order valence-electron chi connectivity index (χ0n) is 77.7. The molecule has 8 heterocycles. The van der Waals surface area contributed by atoms with E-state index in [2.05, 4.69) is 109 Å². The number of hydrogen-bond acceptors (Lipinski definition) is 20. The summed E-state index contributed by atoms with van der Waals surface area (Å²) in [5, 5.41) is 30.0. The van der Waals surface area contributed by atoms with E-state index in [9.17, 15) is 38.4 Å². The molecule has 0 spiro atoms. The zero-order chi connectivity index (χ0) is 93.7. The van der Waals surface area contributed by atoms with Gasteiger partial charge in [-0.1, -0.05) is 41.5 Å². The molecule has 4 atom stereocenters. The van der Waals surface area contributed by atoms with Crippen LogP contribution in [0.15, 0.2) is 84.9 Å². The Morgan fingerprint density at radius 3 is 0.891 bits per heavy atom. The quantitative estimate of drug-likeness (QED) is 0.0132. The van der Waals surface area contributed by atoms with E-state index in [1.54, 1.807) is 104 Å². The van der Waals surface area contributed by atoms with Crippen molar-refractivity contribution < 1.29 is 56.7 Å². The maximum Gasteiger partial charge on any atom is 0.276 e. The fourth-order valence-corrected chi connectivity index (χ4v) is 17.3. The third-order valence-corrected chi connectivity index (χ3v) is 33.1. The third kappa shape index (κ3) is 21.3. The van der Waals surface area contributed by atoms with Crippen LogP contribution in [0, 0.1) is 27.7 Å². The van der Waals surface area contributed by atoms with Crippen LogP contribution in [0.25, 0.3) is 44.1 Å². The van der Waals surface area contributed by atoms with E-state index in [1.165, 1.54) is 0 Å². The summed E-state index contributed by atoms with van der Waals surface area (Å²) in [6, 6.07) is 22.2. The van der Waals surface area contributed by atoms with Gasteiger partial charge < -0.3 is 59.5 Å². The van der Waals surface area contributed by atoms with Gasteiger partial charge in [-0.05, 0) is 230 Å². The predicted octanol–water partition coefficient (Wildman–Crippen LogP) is 15.1. The van der Waals surface area contributed by atoms with Crippen LogP contribution in [0.1, 0.15) is 266 Å². The first-order valence-corrected chi connectivity index (χ1v) is 49.4. The Bertz CT molecular complexity index is 5810. The molecule has 12 N–H and O–H groups in total. The number of hydrogen-bond donors (Lipinski definition) is 8. The number of rotatable bonds is 38. The Kier molecular flexibility index (Phi) is 29.4. The van der Waals surface area contributed by atoms with Crippen molar-refractivity contribution in [2.24, 2.45) is 22.9 Å². The molecule has 128 heavy (non-hydrogen) atoms. The molecule has 4 aromatic carbocycles. The molecule has 38 heteroatoms. The summed E-state index contributed by atoms with van der Waals surface area (Å²) in [6.07, 6.45) is 3.36. The minimum absolute atomic E-state index is 0.0533. The van der Waals surface area contributed by atoms with Gasteiger partial charge in [0.15, 0.2) is 16.6 Å². The van der Waals surface area contributed by atoms with Crippen LogP contribution in [-0.2, 0) is 35.0 Å². The standard InChI is InChI=1S/2C45H62N12O6Si/c2*1-12-54-35(21-26(3)52-54)41(60)50-43-48-32-23-30(39(46)58)17-18-34(32)56(43)28(5)15-16-29(6)57-38-33(49-44(57)51-42(61)36-22-27(4)53-55(36)13-2)24-31(40(47)59)25-37(38)62-19-14-20-63-64(10,11)45(7,8)9/h2*17-18,21-25,28-29H,12-16,19-20H2,1-11H3,(H2,46,58)(H2,47,59)(H,48,50,60)(H,49,51,61). The first-order valence-electron chi connectivity index (χ1n) is 43.6. The molecule has 0 aliphatic heterocycles. The number of nitrogens with zero attached hydrogens (tertiary/aromatic N) is 16. The molecular formula is C90H124N24O12Si2. The molecule has 0 aliphatic rings. The molecule has 0 fully saturated rings. The van der Waals surface area contributed by atoms with Crippen LogP contribution in [0.2, 0.25) is 36.3 Å². The van der Waals surface area contributed by atoms with Crippen molar-refractivity contribution in [3.8, 4) is 11.5 Å². The average molecular weight is 1790 g/mol. The first kappa shape index (κ1) is 96.0. The van der Waals surface area contributed by atoms with Crippen molar-refractivity contribution in [1.29, 1.82) is 0 Å². The van der Waals surface area contributed by atoms with Gasteiger partial charge in [0.05, 0.1) is 69.1 Å². The van der Waals surface area contributed by atoms with E-state index in [-0.39, 0.29) is 93.4 Å². The number of fused-ring (bicyclic) bond motifs is 4. The van der Waals surface area contributed by atoms with Crippen LogP contribution < -0.4 is 53.7 Å². The topological polar surface area (TPSA) is 468 Å². The van der Waals surface area contributed by atoms with Gasteiger partial charge in [-0.15, -0.1) is 0 Å². The van der Waals surface area contributed by atoms with Crippen molar-refractivity contribution in [1.82, 2.24) is 77.3 Å². The number of nitrogens with two attached hydrogens (primary N) is 4. The third-order valence-electron chi connectivity index (χ3n) is 24.1. The maximum absolute atomic E-state index is 14.0. The first-order chi connectivity index (χ1) is 60.3. The lowest BCUT2D eigenvalue weighted by atomic mass is 10.1. The van der Waals surface area contributed by atoms with Crippen molar-refractivity contribution in [2.75, 3.05) is 47.7 Å². The molecule has 12 rings (SSSR count). The molecule has 684 valence electrons. The molecule has 12 aromatic rings. The highest BCUT2D eigenvalue weighted by Gasteiger charge is 2.39. The number of carbonyl (C=O) groups is 8. The maximum atomic E-state index is 14.0. The van der Waals surface area contributed by atoms with E-state index in [0.29, 0.717) is 191 Å². The normalized spacial score (nSPS) is 13.0. The van der Waals surface area contributed by atoms with Crippen LogP contribution in [0.3, 0.4) is 0 Å². The summed E-state index contributed by atoms with van der Waals surface area (Å²) >= 11 is 0. The van der Waals surface area contributed by atoms with Crippen molar-refractivity contribution in [2.45, 2.75) is 250 Å².